The monoisotopic (exact) mass is 289 g/mol. The molecule has 0 nitrogen and oxygen atoms in total. The van der Waals surface area contributed by atoms with Crippen molar-refractivity contribution in [3.8, 4) is 0 Å². The summed E-state index contributed by atoms with van der Waals surface area (Å²) in [6.45, 7) is 17.5. The smallest absolute Gasteiger partial charge is 0.167 e. The van der Waals surface area contributed by atoms with E-state index in [2.05, 4.69) is 47.5 Å². The fourth-order valence-electron chi connectivity index (χ4n) is 2.66. The minimum absolute atomic E-state index is 0.733. The van der Waals surface area contributed by atoms with E-state index in [0.717, 1.165) is 0 Å². The van der Waals surface area contributed by atoms with Gasteiger partial charge in [0.2, 0.25) is 0 Å². The van der Waals surface area contributed by atoms with Crippen LogP contribution in [-0.2, 0) is 0 Å². The lowest BCUT2D eigenvalue weighted by atomic mass is 10.4. The summed E-state index contributed by atoms with van der Waals surface area (Å²) in [6.07, 6.45) is 13.1. The van der Waals surface area contributed by atoms with Gasteiger partial charge in [0, 0.05) is 38.5 Å². The molecule has 0 aromatic heterocycles. The Kier molecular flexibility index (Phi) is 10.3. The van der Waals surface area contributed by atoms with Crippen molar-refractivity contribution in [2.24, 2.45) is 0 Å². The average molecular weight is 289 g/mol. The molecule has 0 atom stereocenters. The Morgan fingerprint density at radius 2 is 1.00 bits per heavy atom. The van der Waals surface area contributed by atoms with Crippen LogP contribution < -0.4 is 0 Å². The van der Waals surface area contributed by atoms with Crippen molar-refractivity contribution in [1.82, 2.24) is 0 Å². The summed E-state index contributed by atoms with van der Waals surface area (Å²) < 4.78 is 0. The third-order valence-electron chi connectivity index (χ3n) is 3.46. The van der Waals surface area contributed by atoms with Gasteiger partial charge in [0.15, 0.2) is 6.72 Å². The predicted octanol–water partition coefficient (Wildman–Crippen LogP) is 5.85. The molecule has 0 N–H and O–H groups in total. The SMILES string of the molecule is CCCC[P+]([B-][P+](C)(C)C)(CCCC)CCCC. The molecule has 0 heterocycles. The van der Waals surface area contributed by atoms with Gasteiger partial charge in [-0.2, -0.15) is 14.3 Å². The Morgan fingerprint density at radius 1 is 0.667 bits per heavy atom. The average Bonchev–Trinajstić information content (AvgIpc) is 2.29. The van der Waals surface area contributed by atoms with Crippen LogP contribution in [0.4, 0.5) is 0 Å². The normalized spacial score (nSPS) is 13.0. The van der Waals surface area contributed by atoms with Crippen molar-refractivity contribution in [2.45, 2.75) is 59.3 Å². The summed E-state index contributed by atoms with van der Waals surface area (Å²) in [5.74, 6) is 0. The van der Waals surface area contributed by atoms with Gasteiger partial charge in [-0.1, -0.05) is 40.0 Å². The number of hydrogen-bond acceptors (Lipinski definition) is 0. The molecule has 2 radical (unpaired) electrons. The molecule has 3 heteroatoms. The largest absolute Gasteiger partial charge is 0.170 e. The van der Waals surface area contributed by atoms with E-state index in [9.17, 15) is 0 Å². The van der Waals surface area contributed by atoms with E-state index in [4.69, 9.17) is 0 Å². The Hall–Kier alpha value is 0.925. The first-order chi connectivity index (χ1) is 8.39. The lowest BCUT2D eigenvalue weighted by molar-refractivity contribution is 0.844. The Labute approximate surface area is 119 Å². The van der Waals surface area contributed by atoms with Crippen LogP contribution in [0.2, 0.25) is 0 Å². The van der Waals surface area contributed by atoms with Crippen molar-refractivity contribution in [2.75, 3.05) is 38.5 Å². The van der Waals surface area contributed by atoms with Crippen LogP contribution in [0.25, 0.3) is 0 Å². The minimum atomic E-state index is -0.743. The van der Waals surface area contributed by atoms with Crippen molar-refractivity contribution >= 4 is 21.0 Å². The van der Waals surface area contributed by atoms with Crippen LogP contribution in [0, 0.1) is 0 Å². The molecule has 0 aromatic rings. The summed E-state index contributed by atoms with van der Waals surface area (Å²) in [5.41, 5.74) is 0. The molecule has 0 amide bonds. The molecule has 108 valence electrons. The van der Waals surface area contributed by atoms with E-state index in [1.165, 1.54) is 38.5 Å². The minimum Gasteiger partial charge on any atom is -0.170 e. The van der Waals surface area contributed by atoms with Gasteiger partial charge >= 0.3 is 0 Å². The highest BCUT2D eigenvalue weighted by molar-refractivity contribution is 8.27. The molecule has 0 unspecified atom stereocenters. The van der Waals surface area contributed by atoms with E-state index in [-0.39, 0.29) is 0 Å². The van der Waals surface area contributed by atoms with Gasteiger partial charge in [0.05, 0.1) is 0 Å². The van der Waals surface area contributed by atoms with Crippen molar-refractivity contribution in [3.63, 3.8) is 0 Å². The predicted molar refractivity (Wildman–Crippen MR) is 96.7 cm³/mol. The maximum atomic E-state index is 2.92. The molecule has 0 aliphatic carbocycles. The van der Waals surface area contributed by atoms with Gasteiger partial charge in [0.1, 0.15) is 0 Å². The number of rotatable bonds is 11. The molecule has 0 aliphatic heterocycles. The van der Waals surface area contributed by atoms with E-state index in [1.54, 1.807) is 18.5 Å². The second-order valence-corrected chi connectivity index (χ2v) is 15.6. The molecule has 0 spiro atoms. The topological polar surface area (TPSA) is 0 Å². The Balaban J connectivity index is 4.73. The summed E-state index contributed by atoms with van der Waals surface area (Å²) in [4.78, 5) is 0. The maximum absolute atomic E-state index is 2.92. The molecule has 0 saturated carbocycles. The molecule has 18 heavy (non-hydrogen) atoms. The zero-order valence-corrected chi connectivity index (χ0v) is 15.6. The first-order valence-corrected chi connectivity index (χ1v) is 13.5. The fourth-order valence-corrected chi connectivity index (χ4v) is 13.4. The third-order valence-corrected chi connectivity index (χ3v) is 11.8. The highest BCUT2D eigenvalue weighted by Gasteiger charge is 2.33. The standard InChI is InChI=1S/C15H36BP2/c1-7-10-13-18(14-11-8-2,15-12-9-3)16-17(4,5)6/h7-15H2,1-6H3/q+1. The highest BCUT2D eigenvalue weighted by Crippen LogP contribution is 2.68. The molecule has 0 fully saturated rings. The Morgan fingerprint density at radius 3 is 1.22 bits per heavy atom. The second kappa shape index (κ2) is 9.77. The lowest BCUT2D eigenvalue weighted by Crippen LogP contribution is -2.17. The molecule has 0 aromatic carbocycles. The van der Waals surface area contributed by atoms with Gasteiger partial charge in [-0.3, -0.25) is 0 Å². The first kappa shape index (κ1) is 18.9. The van der Waals surface area contributed by atoms with Crippen LogP contribution in [-0.4, -0.2) is 45.2 Å². The number of unbranched alkanes of at least 4 members (excludes halogenated alkanes) is 3. The maximum Gasteiger partial charge on any atom is 0.167 e. The van der Waals surface area contributed by atoms with E-state index in [1.807, 2.05) is 0 Å². The summed E-state index contributed by atoms with van der Waals surface area (Å²) in [7, 11) is -1.48. The van der Waals surface area contributed by atoms with Crippen LogP contribution in [0.1, 0.15) is 59.3 Å². The van der Waals surface area contributed by atoms with Gasteiger partial charge in [-0.15, -0.1) is 0 Å². The molecule has 0 bridgehead atoms. The molecular formula is C15H36BP2+. The molecule has 0 saturated heterocycles. The van der Waals surface area contributed by atoms with Crippen LogP contribution in [0.5, 0.6) is 0 Å². The molecular weight excluding hydrogens is 253 g/mol. The van der Waals surface area contributed by atoms with Crippen molar-refractivity contribution in [1.29, 1.82) is 0 Å². The van der Waals surface area contributed by atoms with Gasteiger partial charge < -0.3 is 0 Å². The van der Waals surface area contributed by atoms with Gasteiger partial charge in [0.25, 0.3) is 0 Å². The third kappa shape index (κ3) is 8.93. The van der Waals surface area contributed by atoms with E-state index < -0.39 is 14.3 Å². The quantitative estimate of drug-likeness (QED) is 0.331. The second-order valence-electron chi connectivity index (χ2n) is 6.68. The van der Waals surface area contributed by atoms with E-state index >= 15 is 0 Å². The van der Waals surface area contributed by atoms with Crippen molar-refractivity contribution < 1.29 is 0 Å². The zero-order valence-electron chi connectivity index (χ0n) is 13.8. The molecule has 0 rings (SSSR count). The van der Waals surface area contributed by atoms with Crippen LogP contribution in [0.15, 0.2) is 0 Å². The summed E-state index contributed by atoms with van der Waals surface area (Å²) >= 11 is 0. The van der Waals surface area contributed by atoms with Gasteiger partial charge in [-0.25, -0.2) is 0 Å². The van der Waals surface area contributed by atoms with Crippen molar-refractivity contribution in [3.05, 3.63) is 0 Å². The van der Waals surface area contributed by atoms with Gasteiger partial charge in [-0.05, 0) is 19.3 Å². The fraction of sp³-hybridized carbons (Fsp3) is 1.00. The first-order valence-electron chi connectivity index (χ1n) is 7.93. The zero-order chi connectivity index (χ0) is 14.1. The Bertz CT molecular complexity index is 177. The lowest BCUT2D eigenvalue weighted by Gasteiger charge is -2.40. The highest BCUT2D eigenvalue weighted by atomic mass is 31.2. The van der Waals surface area contributed by atoms with E-state index in [0.29, 0.717) is 0 Å². The molecule has 0 aliphatic rings. The number of hydrogen-bond donors (Lipinski definition) is 0. The van der Waals surface area contributed by atoms with Crippen LogP contribution >= 0.6 is 14.3 Å². The summed E-state index contributed by atoms with van der Waals surface area (Å²) in [6, 6.07) is 0. The summed E-state index contributed by atoms with van der Waals surface area (Å²) in [5, 5.41) is 0. The van der Waals surface area contributed by atoms with Crippen LogP contribution in [0.3, 0.4) is 0 Å².